The van der Waals surface area contributed by atoms with E-state index in [1.807, 2.05) is 11.9 Å². The lowest BCUT2D eigenvalue weighted by Crippen LogP contribution is -2.38. The van der Waals surface area contributed by atoms with E-state index in [9.17, 15) is 13.7 Å². The first-order valence-corrected chi connectivity index (χ1v) is 10.7. The van der Waals surface area contributed by atoms with E-state index in [4.69, 9.17) is 5.73 Å². The Bertz CT molecular complexity index is 771. The number of aromatic nitrogens is 1. The van der Waals surface area contributed by atoms with Gasteiger partial charge in [-0.25, -0.2) is 18.8 Å². The Morgan fingerprint density at radius 2 is 2.11 bits per heavy atom. The summed E-state index contributed by atoms with van der Waals surface area (Å²) in [7, 11) is -1.51. The predicted molar refractivity (Wildman–Crippen MR) is 102 cm³/mol. The highest BCUT2D eigenvalue weighted by molar-refractivity contribution is 7.89. The average Bonchev–Trinajstić information content (AvgIpc) is 3.32. The van der Waals surface area contributed by atoms with Crippen LogP contribution < -0.4 is 21.5 Å². The van der Waals surface area contributed by atoms with Crippen LogP contribution in [0.4, 0.5) is 5.82 Å². The van der Waals surface area contributed by atoms with E-state index < -0.39 is 10.0 Å². The minimum Gasteiger partial charge on any atom is -0.360 e. The predicted octanol–water partition coefficient (Wildman–Crippen LogP) is -0.0165. The maximum absolute atomic E-state index is 12.5. The molecule has 0 saturated carbocycles. The van der Waals surface area contributed by atoms with E-state index >= 15 is 0 Å². The van der Waals surface area contributed by atoms with E-state index in [1.54, 1.807) is 12.1 Å². The molecule has 2 aliphatic heterocycles. The second kappa shape index (κ2) is 8.50. The second-order valence-electron chi connectivity index (χ2n) is 7.10. The summed E-state index contributed by atoms with van der Waals surface area (Å²) in [5.41, 5.74) is 11.8. The molecule has 2 fully saturated rings. The quantitative estimate of drug-likeness (QED) is 0.590. The second-order valence-corrected chi connectivity index (χ2v) is 9.04. The highest BCUT2D eigenvalue weighted by atomic mass is 32.2. The molecule has 148 valence electrons. The molecule has 0 amide bonds. The Labute approximate surface area is 160 Å². The van der Waals surface area contributed by atoms with E-state index in [2.05, 4.69) is 21.9 Å². The molecule has 2 saturated heterocycles. The minimum atomic E-state index is -3.43. The van der Waals surface area contributed by atoms with Crippen LogP contribution in [0.3, 0.4) is 0 Å². The fourth-order valence-corrected chi connectivity index (χ4v) is 5.01. The number of nitrogens with two attached hydrogens (primary N) is 1. The van der Waals surface area contributed by atoms with Crippen LogP contribution in [0.5, 0.6) is 0 Å². The zero-order valence-corrected chi connectivity index (χ0v) is 16.3. The lowest BCUT2D eigenvalue weighted by molar-refractivity contribution is 0.463. The number of hydrogen-bond donors (Lipinski definition) is 3. The number of sulfonamides is 1. The van der Waals surface area contributed by atoms with Crippen LogP contribution in [-0.4, -0.2) is 56.6 Å². The summed E-state index contributed by atoms with van der Waals surface area (Å²) < 4.78 is 26.6. The molecule has 4 N–H and O–H groups in total. The Kier molecular flexibility index (Phi) is 6.29. The molecule has 0 bridgehead atoms. The van der Waals surface area contributed by atoms with Gasteiger partial charge in [-0.2, -0.15) is 9.57 Å². The number of nitrogens with zero attached hydrogens (tertiary/aromatic N) is 4. The monoisotopic (exact) mass is 393 g/mol. The number of hydrazine groups is 1. The summed E-state index contributed by atoms with van der Waals surface area (Å²) in [6, 6.07) is 5.63. The smallest absolute Gasteiger partial charge is 0.244 e. The molecular weight excluding hydrogens is 366 g/mol. The molecule has 10 heteroatoms. The first-order chi connectivity index (χ1) is 12.9. The van der Waals surface area contributed by atoms with Gasteiger partial charge in [-0.3, -0.25) is 5.43 Å². The standard InChI is InChI=1S/C17H27N7O2S/c1-23(8-4-5-15-14(11-18)17(19)22-21-15)16-7-6-13(12-20-16)27(25,26)24-9-2-3-10-24/h6-7,12,14-15,17,21-22H,2-5,8-10,19H2,1H3. The molecule has 1 aromatic heterocycles. The zero-order valence-electron chi connectivity index (χ0n) is 15.5. The molecular formula is C17H27N7O2S. The van der Waals surface area contributed by atoms with Crippen molar-refractivity contribution in [2.24, 2.45) is 11.7 Å². The van der Waals surface area contributed by atoms with Crippen LogP contribution in [-0.2, 0) is 10.0 Å². The number of nitrogens with one attached hydrogen (secondary N) is 2. The normalized spacial score (nSPS) is 26.2. The molecule has 3 unspecified atom stereocenters. The van der Waals surface area contributed by atoms with Gasteiger partial charge >= 0.3 is 0 Å². The fraction of sp³-hybridized carbons (Fsp3) is 0.647. The van der Waals surface area contributed by atoms with Crippen LogP contribution in [0.25, 0.3) is 0 Å². The zero-order chi connectivity index (χ0) is 19.4. The van der Waals surface area contributed by atoms with Crippen molar-refractivity contribution >= 4 is 15.8 Å². The summed E-state index contributed by atoms with van der Waals surface area (Å²) in [6.45, 7) is 1.92. The van der Waals surface area contributed by atoms with Crippen molar-refractivity contribution in [2.45, 2.75) is 42.8 Å². The number of pyridine rings is 1. The highest BCUT2D eigenvalue weighted by Crippen LogP contribution is 2.22. The third-order valence-electron chi connectivity index (χ3n) is 5.23. The van der Waals surface area contributed by atoms with Crippen LogP contribution in [0.1, 0.15) is 25.7 Å². The lowest BCUT2D eigenvalue weighted by atomic mass is 9.97. The van der Waals surface area contributed by atoms with Gasteiger partial charge in [0.15, 0.2) is 0 Å². The maximum Gasteiger partial charge on any atom is 0.244 e. The Balaban J connectivity index is 1.53. The molecule has 0 aromatic carbocycles. The van der Waals surface area contributed by atoms with E-state index in [-0.39, 0.29) is 23.0 Å². The van der Waals surface area contributed by atoms with Gasteiger partial charge in [0.1, 0.15) is 10.7 Å². The van der Waals surface area contributed by atoms with Crippen molar-refractivity contribution < 1.29 is 8.42 Å². The molecule has 3 atom stereocenters. The maximum atomic E-state index is 12.5. The fourth-order valence-electron chi connectivity index (χ4n) is 3.55. The number of hydrogen-bond acceptors (Lipinski definition) is 8. The van der Waals surface area contributed by atoms with Gasteiger partial charge in [-0.05, 0) is 37.8 Å². The Morgan fingerprint density at radius 3 is 2.74 bits per heavy atom. The van der Waals surface area contributed by atoms with Gasteiger partial charge in [0.2, 0.25) is 10.0 Å². The van der Waals surface area contributed by atoms with Crippen LogP contribution >= 0.6 is 0 Å². The molecule has 9 nitrogen and oxygen atoms in total. The Morgan fingerprint density at radius 1 is 1.37 bits per heavy atom. The number of nitriles is 1. The van der Waals surface area contributed by atoms with Crippen molar-refractivity contribution in [3.05, 3.63) is 18.3 Å². The first kappa shape index (κ1) is 20.0. The molecule has 0 spiro atoms. The van der Waals surface area contributed by atoms with Crippen LogP contribution in [0.2, 0.25) is 0 Å². The van der Waals surface area contributed by atoms with Gasteiger partial charge in [-0.15, -0.1) is 0 Å². The topological polar surface area (TPSA) is 127 Å². The van der Waals surface area contributed by atoms with Gasteiger partial charge in [-0.1, -0.05) is 0 Å². The molecule has 0 radical (unpaired) electrons. The van der Waals surface area contributed by atoms with Crippen molar-refractivity contribution in [1.82, 2.24) is 20.1 Å². The Hall–Kier alpha value is -1.77. The van der Waals surface area contributed by atoms with Gasteiger partial charge in [0.25, 0.3) is 0 Å². The summed E-state index contributed by atoms with van der Waals surface area (Å²) in [5.74, 6) is 0.477. The van der Waals surface area contributed by atoms with Gasteiger partial charge in [0.05, 0.1) is 18.2 Å². The molecule has 1 aromatic rings. The number of rotatable bonds is 7. The third kappa shape index (κ3) is 4.39. The SMILES string of the molecule is CN(CCCC1NNC(N)C1C#N)c1ccc(S(=O)(=O)N2CCCC2)cn1. The van der Waals surface area contributed by atoms with E-state index in [1.165, 1.54) is 10.5 Å². The van der Waals surface area contributed by atoms with Crippen molar-refractivity contribution in [3.8, 4) is 6.07 Å². The van der Waals surface area contributed by atoms with Crippen molar-refractivity contribution in [2.75, 3.05) is 31.6 Å². The minimum absolute atomic E-state index is 0.0272. The molecule has 3 rings (SSSR count). The van der Waals surface area contributed by atoms with Crippen molar-refractivity contribution in [1.29, 1.82) is 5.26 Å². The largest absolute Gasteiger partial charge is 0.360 e. The van der Waals surface area contributed by atoms with Gasteiger partial charge in [0, 0.05) is 38.9 Å². The highest BCUT2D eigenvalue weighted by Gasteiger charge is 2.33. The number of anilines is 1. The summed E-state index contributed by atoms with van der Waals surface area (Å²) >= 11 is 0. The van der Waals surface area contributed by atoms with Crippen LogP contribution in [0.15, 0.2) is 23.2 Å². The lowest BCUT2D eigenvalue weighted by Gasteiger charge is -2.21. The average molecular weight is 394 g/mol. The molecule has 2 aliphatic rings. The molecule has 27 heavy (non-hydrogen) atoms. The van der Waals surface area contributed by atoms with E-state index in [0.29, 0.717) is 13.1 Å². The van der Waals surface area contributed by atoms with Crippen LogP contribution in [0, 0.1) is 17.2 Å². The molecule has 0 aliphatic carbocycles. The summed E-state index contributed by atoms with van der Waals surface area (Å²) in [5, 5.41) is 9.18. The first-order valence-electron chi connectivity index (χ1n) is 9.27. The summed E-state index contributed by atoms with van der Waals surface area (Å²) in [4.78, 5) is 6.56. The third-order valence-corrected chi connectivity index (χ3v) is 7.11. The molecule has 3 heterocycles. The van der Waals surface area contributed by atoms with E-state index in [0.717, 1.165) is 38.0 Å². The summed E-state index contributed by atoms with van der Waals surface area (Å²) in [6.07, 6.45) is 4.59. The van der Waals surface area contributed by atoms with Crippen molar-refractivity contribution in [3.63, 3.8) is 0 Å². The van der Waals surface area contributed by atoms with Gasteiger partial charge < -0.3 is 10.6 Å².